The fourth-order valence-corrected chi connectivity index (χ4v) is 1.32. The number of hydrogen-bond donors (Lipinski definition) is 1. The zero-order valence-electron chi connectivity index (χ0n) is 8.84. The van der Waals surface area contributed by atoms with Gasteiger partial charge in [0.15, 0.2) is 0 Å². The van der Waals surface area contributed by atoms with Gasteiger partial charge in [-0.25, -0.2) is 0 Å². The van der Waals surface area contributed by atoms with Crippen LogP contribution in [-0.4, -0.2) is 19.7 Å². The highest BCUT2D eigenvalue weighted by Crippen LogP contribution is 2.17. The number of nitrogens with one attached hydrogen (secondary N) is 1. The first-order valence-corrected chi connectivity index (χ1v) is 4.17. The SMILES string of the molecule is [2H]c1ccc([C@@H]2CNCCO2)c([2H])c1. The molecule has 1 aliphatic heterocycles. The third-order valence-electron chi connectivity index (χ3n) is 1.96. The number of hydrogen-bond acceptors (Lipinski definition) is 2. The Balaban J connectivity index is 2.22. The van der Waals surface area contributed by atoms with Crippen LogP contribution in [-0.2, 0) is 4.74 Å². The third-order valence-corrected chi connectivity index (χ3v) is 1.96. The lowest BCUT2D eigenvalue weighted by atomic mass is 10.1. The van der Waals surface area contributed by atoms with Gasteiger partial charge in [0.05, 0.1) is 15.5 Å². The summed E-state index contributed by atoms with van der Waals surface area (Å²) in [4.78, 5) is 0. The molecular formula is C10H13NO. The molecule has 1 atom stereocenters. The van der Waals surface area contributed by atoms with E-state index in [0.29, 0.717) is 18.7 Å². The van der Waals surface area contributed by atoms with Crippen molar-refractivity contribution in [2.24, 2.45) is 0 Å². The molecule has 0 saturated carbocycles. The standard InChI is InChI=1S/C10H13NO/c1-2-4-9(5-3-1)10-8-11-6-7-12-10/h1-5,10-11H,6-8H2/t10-/m0/s1/i1D,4D. The van der Waals surface area contributed by atoms with Gasteiger partial charge in [-0.3, -0.25) is 0 Å². The lowest BCUT2D eigenvalue weighted by Gasteiger charge is -2.23. The molecule has 0 bridgehead atoms. The molecule has 0 spiro atoms. The molecule has 0 amide bonds. The normalized spacial score (nSPS) is 26.2. The van der Waals surface area contributed by atoms with Crippen LogP contribution in [0.2, 0.25) is 0 Å². The van der Waals surface area contributed by atoms with Gasteiger partial charge in [0.1, 0.15) is 0 Å². The molecule has 1 aromatic rings. The van der Waals surface area contributed by atoms with Gasteiger partial charge in [-0.05, 0) is 5.56 Å². The largest absolute Gasteiger partial charge is 0.371 e. The molecule has 1 saturated heterocycles. The third kappa shape index (κ3) is 1.65. The number of rotatable bonds is 1. The van der Waals surface area contributed by atoms with Crippen molar-refractivity contribution < 1.29 is 7.48 Å². The first-order chi connectivity index (χ1) is 6.77. The summed E-state index contributed by atoms with van der Waals surface area (Å²) in [6.45, 7) is 2.32. The van der Waals surface area contributed by atoms with Crippen molar-refractivity contribution in [2.45, 2.75) is 6.10 Å². The summed E-state index contributed by atoms with van der Waals surface area (Å²) in [5, 5.41) is 3.22. The summed E-state index contributed by atoms with van der Waals surface area (Å²) in [5.41, 5.74) is 0.869. The highest BCUT2D eigenvalue weighted by atomic mass is 16.5. The zero-order chi connectivity index (χ0) is 9.97. The van der Waals surface area contributed by atoms with Crippen molar-refractivity contribution in [2.75, 3.05) is 19.7 Å². The van der Waals surface area contributed by atoms with Gasteiger partial charge < -0.3 is 10.1 Å². The zero-order valence-corrected chi connectivity index (χ0v) is 6.84. The maximum atomic E-state index is 7.72. The van der Waals surface area contributed by atoms with Crippen LogP contribution >= 0.6 is 0 Å². The second-order valence-electron chi connectivity index (χ2n) is 2.81. The molecule has 1 aliphatic rings. The number of morpholine rings is 1. The molecule has 1 heterocycles. The fourth-order valence-electron chi connectivity index (χ4n) is 1.32. The highest BCUT2D eigenvalue weighted by Gasteiger charge is 2.14. The molecule has 2 heteroatoms. The van der Waals surface area contributed by atoms with Crippen LogP contribution < -0.4 is 5.32 Å². The Hall–Kier alpha value is -0.860. The number of ether oxygens (including phenoxy) is 1. The van der Waals surface area contributed by atoms with Crippen LogP contribution in [0, 0.1) is 0 Å². The Labute approximate surface area is 75.4 Å². The molecule has 2 nitrogen and oxygen atoms in total. The highest BCUT2D eigenvalue weighted by molar-refractivity contribution is 5.18. The Morgan fingerprint density at radius 3 is 3.33 bits per heavy atom. The summed E-state index contributed by atoms with van der Waals surface area (Å²) in [6.07, 6.45) is -0.0307. The molecule has 0 radical (unpaired) electrons. The molecular weight excluding hydrogens is 150 g/mol. The van der Waals surface area contributed by atoms with Crippen molar-refractivity contribution in [3.8, 4) is 0 Å². The summed E-state index contributed by atoms with van der Waals surface area (Å²) >= 11 is 0. The molecule has 64 valence electrons. The van der Waals surface area contributed by atoms with E-state index in [1.165, 1.54) is 0 Å². The van der Waals surface area contributed by atoms with E-state index in [1.54, 1.807) is 12.1 Å². The molecule has 12 heavy (non-hydrogen) atoms. The van der Waals surface area contributed by atoms with Crippen LogP contribution in [0.5, 0.6) is 0 Å². The van der Waals surface area contributed by atoms with Crippen LogP contribution in [0.25, 0.3) is 0 Å². The lowest BCUT2D eigenvalue weighted by Crippen LogP contribution is -2.33. The minimum Gasteiger partial charge on any atom is -0.371 e. The van der Waals surface area contributed by atoms with E-state index in [4.69, 9.17) is 7.48 Å². The molecule has 1 fully saturated rings. The van der Waals surface area contributed by atoms with E-state index < -0.39 is 0 Å². The topological polar surface area (TPSA) is 21.3 Å². The molecule has 0 aliphatic carbocycles. The predicted molar refractivity (Wildman–Crippen MR) is 48.0 cm³/mol. The molecule has 0 unspecified atom stereocenters. The van der Waals surface area contributed by atoms with Crippen molar-refractivity contribution in [1.82, 2.24) is 5.32 Å². The van der Waals surface area contributed by atoms with E-state index in [9.17, 15) is 0 Å². The molecule has 1 N–H and O–H groups in total. The summed E-state index contributed by atoms with van der Waals surface area (Å²) in [6, 6.07) is 5.83. The Kier molecular flexibility index (Phi) is 1.76. The van der Waals surface area contributed by atoms with E-state index in [-0.39, 0.29) is 6.10 Å². The molecule has 0 aromatic heterocycles. The van der Waals surface area contributed by atoms with Gasteiger partial charge in [-0.2, -0.15) is 0 Å². The quantitative estimate of drug-likeness (QED) is 0.678. The summed E-state index contributed by atoms with van der Waals surface area (Å²) in [5.74, 6) is 0. The van der Waals surface area contributed by atoms with Crippen molar-refractivity contribution in [3.63, 3.8) is 0 Å². The molecule has 2 rings (SSSR count). The van der Waals surface area contributed by atoms with E-state index in [0.717, 1.165) is 18.7 Å². The van der Waals surface area contributed by atoms with Crippen LogP contribution in [0.3, 0.4) is 0 Å². The maximum absolute atomic E-state index is 7.72. The Bertz CT molecular complexity index is 324. The van der Waals surface area contributed by atoms with Crippen LogP contribution in [0.1, 0.15) is 14.4 Å². The Morgan fingerprint density at radius 1 is 1.58 bits per heavy atom. The second kappa shape index (κ2) is 3.70. The fraction of sp³-hybridized carbons (Fsp3) is 0.400. The van der Waals surface area contributed by atoms with Gasteiger partial charge in [0.2, 0.25) is 0 Å². The molecule has 1 aromatic carbocycles. The average Bonchev–Trinajstić information content (AvgIpc) is 2.19. The Morgan fingerprint density at radius 2 is 2.58 bits per heavy atom. The summed E-state index contributed by atoms with van der Waals surface area (Å²) in [7, 11) is 0. The predicted octanol–water partition coefficient (Wildman–Crippen LogP) is 1.35. The van der Waals surface area contributed by atoms with Gasteiger partial charge in [-0.15, -0.1) is 0 Å². The van der Waals surface area contributed by atoms with Crippen molar-refractivity contribution in [3.05, 3.63) is 35.8 Å². The van der Waals surface area contributed by atoms with Crippen molar-refractivity contribution >= 4 is 0 Å². The second-order valence-corrected chi connectivity index (χ2v) is 2.81. The van der Waals surface area contributed by atoms with Gasteiger partial charge in [0, 0.05) is 13.1 Å². The average molecular weight is 165 g/mol. The first-order valence-electron chi connectivity index (χ1n) is 5.17. The summed E-state index contributed by atoms with van der Waals surface area (Å²) < 4.78 is 20.6. The van der Waals surface area contributed by atoms with E-state index in [1.807, 2.05) is 6.07 Å². The van der Waals surface area contributed by atoms with Crippen LogP contribution in [0.4, 0.5) is 0 Å². The van der Waals surface area contributed by atoms with Gasteiger partial charge >= 0.3 is 0 Å². The monoisotopic (exact) mass is 165 g/mol. The smallest absolute Gasteiger partial charge is 0.0949 e. The minimum absolute atomic E-state index is 0.0307. The van der Waals surface area contributed by atoms with Crippen molar-refractivity contribution in [1.29, 1.82) is 0 Å². The van der Waals surface area contributed by atoms with Gasteiger partial charge in [-0.1, -0.05) is 30.3 Å². The van der Waals surface area contributed by atoms with E-state index >= 15 is 0 Å². The van der Waals surface area contributed by atoms with Gasteiger partial charge in [0.25, 0.3) is 0 Å². The number of benzene rings is 1. The van der Waals surface area contributed by atoms with Crippen LogP contribution in [0.15, 0.2) is 30.3 Å². The lowest BCUT2D eigenvalue weighted by molar-refractivity contribution is 0.0277. The first kappa shape index (κ1) is 5.73. The maximum Gasteiger partial charge on any atom is 0.0949 e. The minimum atomic E-state index is -0.0307. The van der Waals surface area contributed by atoms with E-state index in [2.05, 4.69) is 5.32 Å².